The van der Waals surface area contributed by atoms with E-state index in [1.165, 1.54) is 24.4 Å². The van der Waals surface area contributed by atoms with Crippen LogP contribution in [0.5, 0.6) is 0 Å². The van der Waals surface area contributed by atoms with Gasteiger partial charge in [0.2, 0.25) is 9.84 Å². The van der Waals surface area contributed by atoms with Gasteiger partial charge < -0.3 is 10.4 Å². The van der Waals surface area contributed by atoms with E-state index in [1.54, 1.807) is 18.2 Å². The number of carbonyl (C=O) groups is 1. The van der Waals surface area contributed by atoms with Crippen LogP contribution in [0.15, 0.2) is 65.1 Å². The van der Waals surface area contributed by atoms with Crippen molar-refractivity contribution in [3.05, 3.63) is 65.7 Å². The van der Waals surface area contributed by atoms with Gasteiger partial charge >= 0.3 is 5.97 Å². The predicted octanol–water partition coefficient (Wildman–Crippen LogP) is 2.42. The Balaban J connectivity index is 3.01. The number of hydrogen-bond donors (Lipinski definition) is 2. The van der Waals surface area contributed by atoms with E-state index in [-0.39, 0.29) is 4.90 Å². The number of carboxylic acid groups (broad SMARTS) is 1. The fourth-order valence-corrected chi connectivity index (χ4v) is 2.83. The first kappa shape index (κ1) is 17.7. The average Bonchev–Trinajstić information content (AvgIpc) is 2.46. The number of aryl methyl sites for hydroxylation is 1. The van der Waals surface area contributed by atoms with Crippen LogP contribution < -0.4 is 5.32 Å². The largest absolute Gasteiger partial charge is 0.477 e. The monoisotopic (exact) mass is 321 g/mol. The van der Waals surface area contributed by atoms with Gasteiger partial charge in [-0.15, -0.1) is 6.58 Å². The molecule has 0 heterocycles. The molecule has 0 spiro atoms. The molecule has 0 aliphatic heterocycles. The molecule has 22 heavy (non-hydrogen) atoms. The number of aliphatic carboxylic acids is 1. The van der Waals surface area contributed by atoms with Crippen LogP contribution >= 0.6 is 0 Å². The molecule has 0 radical (unpaired) electrons. The quantitative estimate of drug-likeness (QED) is 0.332. The Morgan fingerprint density at radius 1 is 1.32 bits per heavy atom. The SMILES string of the molecule is C=CCCNC=CC=C(C(=O)O)S(=O)(=O)c1ccc(C)cc1. The van der Waals surface area contributed by atoms with E-state index in [2.05, 4.69) is 11.9 Å². The van der Waals surface area contributed by atoms with Gasteiger partial charge in [-0.1, -0.05) is 23.8 Å². The standard InChI is InChI=1S/C16H19NO4S/c1-3-4-11-17-12-5-6-15(16(18)19)22(20,21)14-9-7-13(2)8-10-14/h3,5-10,12,17H,1,4,11H2,2H3,(H,18,19). The first-order valence-electron chi connectivity index (χ1n) is 6.65. The molecule has 0 atom stereocenters. The van der Waals surface area contributed by atoms with Crippen molar-refractivity contribution in [2.45, 2.75) is 18.2 Å². The zero-order valence-electron chi connectivity index (χ0n) is 12.3. The second kappa shape index (κ2) is 8.19. The third kappa shape index (κ3) is 4.89. The van der Waals surface area contributed by atoms with E-state index in [0.717, 1.165) is 18.1 Å². The molecule has 2 N–H and O–H groups in total. The van der Waals surface area contributed by atoms with Crippen LogP contribution in [0.3, 0.4) is 0 Å². The fourth-order valence-electron chi connectivity index (χ4n) is 1.59. The number of hydrogen-bond acceptors (Lipinski definition) is 4. The van der Waals surface area contributed by atoms with E-state index in [9.17, 15) is 13.2 Å². The lowest BCUT2D eigenvalue weighted by Gasteiger charge is -2.05. The van der Waals surface area contributed by atoms with Gasteiger partial charge in [-0.25, -0.2) is 13.2 Å². The zero-order chi connectivity index (χ0) is 16.6. The maximum Gasteiger partial charge on any atom is 0.347 e. The van der Waals surface area contributed by atoms with Crippen molar-refractivity contribution >= 4 is 15.8 Å². The molecule has 0 saturated heterocycles. The third-order valence-electron chi connectivity index (χ3n) is 2.79. The maximum absolute atomic E-state index is 12.3. The summed E-state index contributed by atoms with van der Waals surface area (Å²) in [6, 6.07) is 6.04. The maximum atomic E-state index is 12.3. The van der Waals surface area contributed by atoms with Gasteiger partial charge in [0.15, 0.2) is 4.91 Å². The second-order valence-electron chi connectivity index (χ2n) is 4.54. The van der Waals surface area contributed by atoms with Crippen molar-refractivity contribution in [1.82, 2.24) is 5.32 Å². The summed E-state index contributed by atoms with van der Waals surface area (Å²) in [6.45, 7) is 6.03. The summed E-state index contributed by atoms with van der Waals surface area (Å²) in [5.41, 5.74) is 0.895. The highest BCUT2D eigenvalue weighted by molar-refractivity contribution is 7.96. The second-order valence-corrected chi connectivity index (χ2v) is 6.46. The van der Waals surface area contributed by atoms with Crippen molar-refractivity contribution in [2.24, 2.45) is 0 Å². The molecule has 0 aliphatic rings. The van der Waals surface area contributed by atoms with Crippen molar-refractivity contribution in [2.75, 3.05) is 6.54 Å². The van der Waals surface area contributed by atoms with Gasteiger partial charge in [-0.2, -0.15) is 0 Å². The van der Waals surface area contributed by atoms with E-state index >= 15 is 0 Å². The van der Waals surface area contributed by atoms with Gasteiger partial charge in [0.05, 0.1) is 4.90 Å². The summed E-state index contributed by atoms with van der Waals surface area (Å²) in [7, 11) is -4.05. The number of nitrogens with one attached hydrogen (secondary N) is 1. The molecule has 1 aromatic carbocycles. The summed E-state index contributed by atoms with van der Waals surface area (Å²) < 4.78 is 24.7. The Morgan fingerprint density at radius 3 is 2.50 bits per heavy atom. The van der Waals surface area contributed by atoms with Gasteiger partial charge in [-0.05, 0) is 43.8 Å². The molecule has 1 aromatic rings. The number of sulfone groups is 1. The summed E-state index contributed by atoms with van der Waals surface area (Å²) in [5.74, 6) is -1.49. The third-order valence-corrected chi connectivity index (χ3v) is 4.57. The molecular formula is C16H19NO4S. The molecule has 0 fully saturated rings. The normalized spacial score (nSPS) is 12.3. The Kier molecular flexibility index (Phi) is 6.59. The summed E-state index contributed by atoms with van der Waals surface area (Å²) in [4.78, 5) is 10.5. The van der Waals surface area contributed by atoms with Gasteiger partial charge in [0.25, 0.3) is 0 Å². The Morgan fingerprint density at radius 2 is 1.95 bits per heavy atom. The van der Waals surface area contributed by atoms with Gasteiger partial charge in [0.1, 0.15) is 0 Å². The van der Waals surface area contributed by atoms with Crippen LogP contribution in [-0.2, 0) is 14.6 Å². The molecule has 0 aliphatic carbocycles. The molecule has 0 unspecified atom stereocenters. The molecule has 5 nitrogen and oxygen atoms in total. The number of allylic oxidation sites excluding steroid dienone is 2. The highest BCUT2D eigenvalue weighted by Gasteiger charge is 2.25. The topological polar surface area (TPSA) is 83.5 Å². The summed E-state index contributed by atoms with van der Waals surface area (Å²) >= 11 is 0. The molecule has 0 amide bonds. The molecule has 0 bridgehead atoms. The van der Waals surface area contributed by atoms with Crippen LogP contribution in [0.2, 0.25) is 0 Å². The summed E-state index contributed by atoms with van der Waals surface area (Å²) in [5, 5.41) is 12.0. The first-order chi connectivity index (χ1) is 10.4. The lowest BCUT2D eigenvalue weighted by molar-refractivity contribution is -0.131. The number of benzene rings is 1. The smallest absolute Gasteiger partial charge is 0.347 e. The lowest BCUT2D eigenvalue weighted by atomic mass is 10.2. The molecule has 0 aromatic heterocycles. The number of carboxylic acids is 1. The average molecular weight is 321 g/mol. The highest BCUT2D eigenvalue weighted by Crippen LogP contribution is 2.20. The Bertz CT molecular complexity index is 685. The van der Waals surface area contributed by atoms with Crippen molar-refractivity contribution in [3.63, 3.8) is 0 Å². The Hall–Kier alpha value is -2.34. The minimum absolute atomic E-state index is 0.0419. The molecule has 118 valence electrons. The van der Waals surface area contributed by atoms with E-state index < -0.39 is 20.7 Å². The van der Waals surface area contributed by atoms with Crippen molar-refractivity contribution < 1.29 is 18.3 Å². The molecular weight excluding hydrogens is 302 g/mol. The van der Waals surface area contributed by atoms with E-state index in [0.29, 0.717) is 6.54 Å². The minimum Gasteiger partial charge on any atom is -0.477 e. The number of rotatable bonds is 8. The van der Waals surface area contributed by atoms with Crippen LogP contribution in [0.4, 0.5) is 0 Å². The van der Waals surface area contributed by atoms with Crippen LogP contribution in [0, 0.1) is 6.92 Å². The lowest BCUT2D eigenvalue weighted by Crippen LogP contribution is -2.13. The summed E-state index contributed by atoms with van der Waals surface area (Å²) in [6.07, 6.45) is 6.41. The molecule has 1 rings (SSSR count). The van der Waals surface area contributed by atoms with Gasteiger partial charge in [0, 0.05) is 6.54 Å². The van der Waals surface area contributed by atoms with Crippen LogP contribution in [0.25, 0.3) is 0 Å². The van der Waals surface area contributed by atoms with E-state index in [4.69, 9.17) is 5.11 Å². The van der Waals surface area contributed by atoms with Crippen LogP contribution in [-0.4, -0.2) is 26.0 Å². The van der Waals surface area contributed by atoms with Crippen molar-refractivity contribution in [1.29, 1.82) is 0 Å². The Labute approximate surface area is 130 Å². The molecule has 6 heteroatoms. The fraction of sp³-hybridized carbons (Fsp3) is 0.188. The minimum atomic E-state index is -4.05. The van der Waals surface area contributed by atoms with E-state index in [1.807, 2.05) is 6.92 Å². The first-order valence-corrected chi connectivity index (χ1v) is 8.14. The molecule has 0 saturated carbocycles. The van der Waals surface area contributed by atoms with Crippen LogP contribution in [0.1, 0.15) is 12.0 Å². The van der Waals surface area contributed by atoms with Gasteiger partial charge in [-0.3, -0.25) is 0 Å². The zero-order valence-corrected chi connectivity index (χ0v) is 13.1. The predicted molar refractivity (Wildman–Crippen MR) is 86.0 cm³/mol. The highest BCUT2D eigenvalue weighted by atomic mass is 32.2. The van der Waals surface area contributed by atoms with Crippen molar-refractivity contribution in [3.8, 4) is 0 Å².